The van der Waals surface area contributed by atoms with Gasteiger partial charge in [-0.2, -0.15) is 4.31 Å². The number of amides is 1. The summed E-state index contributed by atoms with van der Waals surface area (Å²) in [6.45, 7) is 2.68. The molecular formula is C21H25FN2O4S. The molecule has 1 aliphatic heterocycles. The van der Waals surface area contributed by atoms with E-state index < -0.39 is 21.7 Å². The lowest BCUT2D eigenvalue weighted by Crippen LogP contribution is -2.32. The highest BCUT2D eigenvalue weighted by Gasteiger charge is 2.27. The van der Waals surface area contributed by atoms with E-state index >= 15 is 0 Å². The molecule has 2 aromatic carbocycles. The van der Waals surface area contributed by atoms with Crippen molar-refractivity contribution in [3.05, 3.63) is 53.3 Å². The highest BCUT2D eigenvalue weighted by Crippen LogP contribution is 2.27. The number of rotatable bonds is 5. The predicted octanol–water partition coefficient (Wildman–Crippen LogP) is 3.96. The molecule has 0 atom stereocenters. The lowest BCUT2D eigenvalue weighted by atomic mass is 10.1. The first kappa shape index (κ1) is 21.3. The number of ether oxygens (including phenoxy) is 1. The van der Waals surface area contributed by atoms with Crippen LogP contribution in [0.2, 0.25) is 0 Å². The molecule has 1 amide bonds. The van der Waals surface area contributed by atoms with Gasteiger partial charge in [-0.1, -0.05) is 18.9 Å². The predicted molar refractivity (Wildman–Crippen MR) is 109 cm³/mol. The van der Waals surface area contributed by atoms with Gasteiger partial charge >= 0.3 is 0 Å². The fourth-order valence-electron chi connectivity index (χ4n) is 3.37. The first-order valence-corrected chi connectivity index (χ1v) is 11.0. The first-order chi connectivity index (χ1) is 13.8. The summed E-state index contributed by atoms with van der Waals surface area (Å²) >= 11 is 0. The average Bonchev–Trinajstić information content (AvgIpc) is 3.00. The Balaban J connectivity index is 1.94. The fourth-order valence-corrected chi connectivity index (χ4v) is 4.92. The Hall–Kier alpha value is -2.45. The van der Waals surface area contributed by atoms with Gasteiger partial charge in [0, 0.05) is 18.8 Å². The number of benzene rings is 2. The molecule has 0 bridgehead atoms. The zero-order valence-electron chi connectivity index (χ0n) is 16.6. The van der Waals surface area contributed by atoms with Crippen molar-refractivity contribution in [1.29, 1.82) is 0 Å². The highest BCUT2D eigenvalue weighted by atomic mass is 32.2. The quantitative estimate of drug-likeness (QED) is 0.794. The Kier molecular flexibility index (Phi) is 6.54. The largest absolute Gasteiger partial charge is 0.496 e. The lowest BCUT2D eigenvalue weighted by Gasteiger charge is -2.21. The number of nitrogens with zero attached hydrogens (tertiary/aromatic N) is 1. The van der Waals surface area contributed by atoms with E-state index in [1.54, 1.807) is 13.0 Å². The molecule has 0 unspecified atom stereocenters. The highest BCUT2D eigenvalue weighted by molar-refractivity contribution is 7.89. The Labute approximate surface area is 170 Å². The zero-order valence-corrected chi connectivity index (χ0v) is 17.4. The number of carbonyl (C=O) groups is 1. The van der Waals surface area contributed by atoms with Crippen molar-refractivity contribution in [2.24, 2.45) is 0 Å². The van der Waals surface area contributed by atoms with E-state index in [9.17, 15) is 17.6 Å². The van der Waals surface area contributed by atoms with Crippen LogP contribution in [0.3, 0.4) is 0 Å². The molecule has 1 saturated heterocycles. The Morgan fingerprint density at radius 1 is 1.07 bits per heavy atom. The van der Waals surface area contributed by atoms with Crippen molar-refractivity contribution in [3.8, 4) is 5.75 Å². The van der Waals surface area contributed by atoms with E-state index in [2.05, 4.69) is 5.32 Å². The number of nitrogens with one attached hydrogen (secondary N) is 1. The number of sulfonamides is 1. The van der Waals surface area contributed by atoms with Gasteiger partial charge in [0.1, 0.15) is 11.6 Å². The molecule has 156 valence electrons. The topological polar surface area (TPSA) is 75.7 Å². The van der Waals surface area contributed by atoms with E-state index in [4.69, 9.17) is 4.74 Å². The SMILES string of the molecule is COc1ccc(S(=O)(=O)N2CCCCCC2)cc1C(=O)Nc1cc(F)ccc1C. The standard InChI is InChI=1S/C21H25FN2O4S/c1-15-7-8-16(22)13-19(15)23-21(25)18-14-17(9-10-20(18)28-2)29(26,27)24-11-5-3-4-6-12-24/h7-10,13-14H,3-6,11-12H2,1-2H3,(H,23,25). The molecule has 8 heteroatoms. The van der Waals surface area contributed by atoms with Crippen LogP contribution in [0.15, 0.2) is 41.3 Å². The van der Waals surface area contributed by atoms with Crippen molar-refractivity contribution in [1.82, 2.24) is 4.31 Å². The van der Waals surface area contributed by atoms with Gasteiger partial charge < -0.3 is 10.1 Å². The number of anilines is 1. The van der Waals surface area contributed by atoms with Crippen LogP contribution < -0.4 is 10.1 Å². The fraction of sp³-hybridized carbons (Fsp3) is 0.381. The van der Waals surface area contributed by atoms with Gasteiger partial charge in [-0.25, -0.2) is 12.8 Å². The molecular weight excluding hydrogens is 395 g/mol. The van der Waals surface area contributed by atoms with E-state index in [-0.39, 0.29) is 16.2 Å². The minimum absolute atomic E-state index is 0.0429. The number of carbonyl (C=O) groups excluding carboxylic acids is 1. The van der Waals surface area contributed by atoms with Gasteiger partial charge in [-0.3, -0.25) is 4.79 Å². The van der Waals surface area contributed by atoms with Gasteiger partial charge in [0.25, 0.3) is 5.91 Å². The summed E-state index contributed by atoms with van der Waals surface area (Å²) in [6, 6.07) is 8.32. The lowest BCUT2D eigenvalue weighted by molar-refractivity contribution is 0.102. The Morgan fingerprint density at radius 3 is 2.41 bits per heavy atom. The summed E-state index contributed by atoms with van der Waals surface area (Å²) in [4.78, 5) is 12.9. The van der Waals surface area contributed by atoms with E-state index in [1.807, 2.05) is 0 Å². The maximum atomic E-state index is 13.5. The third-order valence-corrected chi connectivity index (χ3v) is 6.96. The minimum Gasteiger partial charge on any atom is -0.496 e. The van der Waals surface area contributed by atoms with Crippen LogP contribution in [0.1, 0.15) is 41.6 Å². The number of methoxy groups -OCH3 is 1. The van der Waals surface area contributed by atoms with Crippen LogP contribution >= 0.6 is 0 Å². The summed E-state index contributed by atoms with van der Waals surface area (Å²) in [7, 11) is -2.31. The number of hydrogen-bond acceptors (Lipinski definition) is 4. The molecule has 6 nitrogen and oxygen atoms in total. The molecule has 0 aliphatic carbocycles. The van der Waals surface area contributed by atoms with E-state index in [1.165, 1.54) is 41.7 Å². The average molecular weight is 421 g/mol. The molecule has 29 heavy (non-hydrogen) atoms. The number of aryl methyl sites for hydroxylation is 1. The number of halogens is 1. The molecule has 1 heterocycles. The van der Waals surface area contributed by atoms with Crippen molar-refractivity contribution in [3.63, 3.8) is 0 Å². The van der Waals surface area contributed by atoms with Gasteiger partial charge in [0.2, 0.25) is 10.0 Å². The molecule has 0 spiro atoms. The molecule has 0 aromatic heterocycles. The van der Waals surface area contributed by atoms with Crippen LogP contribution in [0.4, 0.5) is 10.1 Å². The second kappa shape index (κ2) is 8.92. The van der Waals surface area contributed by atoms with E-state index in [0.717, 1.165) is 25.7 Å². The normalized spacial score (nSPS) is 15.6. The van der Waals surface area contributed by atoms with Gasteiger partial charge in [-0.05, 0) is 55.7 Å². The van der Waals surface area contributed by atoms with E-state index in [0.29, 0.717) is 24.3 Å². The summed E-state index contributed by atoms with van der Waals surface area (Å²) in [6.07, 6.45) is 3.66. The monoisotopic (exact) mass is 420 g/mol. The number of hydrogen-bond donors (Lipinski definition) is 1. The van der Waals surface area contributed by atoms with Crippen LogP contribution in [0.25, 0.3) is 0 Å². The van der Waals surface area contributed by atoms with Gasteiger partial charge in [-0.15, -0.1) is 0 Å². The first-order valence-electron chi connectivity index (χ1n) is 9.58. The minimum atomic E-state index is -3.72. The third-order valence-electron chi connectivity index (χ3n) is 5.07. The van der Waals surface area contributed by atoms with Crippen LogP contribution in [0.5, 0.6) is 5.75 Å². The van der Waals surface area contributed by atoms with Crippen LogP contribution in [0, 0.1) is 12.7 Å². The molecule has 0 saturated carbocycles. The van der Waals surface area contributed by atoms with Gasteiger partial charge in [0.15, 0.2) is 0 Å². The molecule has 1 N–H and O–H groups in total. The maximum Gasteiger partial charge on any atom is 0.259 e. The van der Waals surface area contributed by atoms with Crippen molar-refractivity contribution in [2.75, 3.05) is 25.5 Å². The van der Waals surface area contributed by atoms with Crippen LogP contribution in [-0.2, 0) is 10.0 Å². The summed E-state index contributed by atoms with van der Waals surface area (Å²) in [5.41, 5.74) is 1.08. The summed E-state index contributed by atoms with van der Waals surface area (Å²) in [5, 5.41) is 2.64. The van der Waals surface area contributed by atoms with Gasteiger partial charge in [0.05, 0.1) is 17.6 Å². The smallest absolute Gasteiger partial charge is 0.259 e. The molecule has 0 radical (unpaired) electrons. The zero-order chi connectivity index (χ0) is 21.0. The molecule has 1 fully saturated rings. The second-order valence-electron chi connectivity index (χ2n) is 7.09. The summed E-state index contributed by atoms with van der Waals surface area (Å²) in [5.74, 6) is -0.801. The van der Waals surface area contributed by atoms with Crippen molar-refractivity contribution >= 4 is 21.6 Å². The van der Waals surface area contributed by atoms with Crippen molar-refractivity contribution < 1.29 is 22.3 Å². The van der Waals surface area contributed by atoms with Crippen LogP contribution in [-0.4, -0.2) is 38.8 Å². The van der Waals surface area contributed by atoms with Crippen molar-refractivity contribution in [2.45, 2.75) is 37.5 Å². The Bertz CT molecular complexity index is 1000. The second-order valence-corrected chi connectivity index (χ2v) is 9.03. The Morgan fingerprint density at radius 2 is 1.76 bits per heavy atom. The third kappa shape index (κ3) is 4.76. The summed E-state index contributed by atoms with van der Waals surface area (Å²) < 4.78 is 46.4. The molecule has 3 rings (SSSR count). The molecule has 2 aromatic rings. The molecule has 1 aliphatic rings. The maximum absolute atomic E-state index is 13.5.